The van der Waals surface area contributed by atoms with Crippen molar-refractivity contribution in [2.45, 2.75) is 19.3 Å². The van der Waals surface area contributed by atoms with E-state index in [2.05, 4.69) is 184 Å². The average Bonchev–Trinajstić information content (AvgIpc) is 3.59. The smallest absolute Gasteiger partial charge is 0.0978 e. The van der Waals surface area contributed by atoms with Crippen molar-refractivity contribution in [3.05, 3.63) is 206 Å². The molecule has 0 saturated heterocycles. The molecule has 65 heavy (non-hydrogen) atoms. The number of hydrogen-bond acceptors (Lipinski definition) is 4. The molecule has 1 aliphatic carbocycles. The van der Waals surface area contributed by atoms with Gasteiger partial charge in [0.1, 0.15) is 0 Å². The molecule has 4 nitrogen and oxygen atoms in total. The van der Waals surface area contributed by atoms with E-state index < -0.39 is 0 Å². The molecule has 302 valence electrons. The second-order valence-corrected chi connectivity index (χ2v) is 18.2. The highest BCUT2D eigenvalue weighted by molar-refractivity contribution is 6.27. The van der Waals surface area contributed by atoms with Crippen molar-refractivity contribution in [2.24, 2.45) is 0 Å². The number of benzene rings is 9. The lowest BCUT2D eigenvalue weighted by Crippen LogP contribution is -2.15. The van der Waals surface area contributed by atoms with Crippen LogP contribution in [0.15, 0.2) is 194 Å². The molecule has 4 heterocycles. The van der Waals surface area contributed by atoms with Crippen LogP contribution in [0.2, 0.25) is 0 Å². The van der Waals surface area contributed by atoms with Gasteiger partial charge in [0.15, 0.2) is 0 Å². The van der Waals surface area contributed by atoms with Crippen LogP contribution < -0.4 is 0 Å². The zero-order valence-electron chi connectivity index (χ0n) is 35.8. The van der Waals surface area contributed by atoms with E-state index in [1.807, 2.05) is 24.5 Å². The first-order valence-corrected chi connectivity index (χ1v) is 22.4. The molecule has 0 unspecified atom stereocenters. The van der Waals surface area contributed by atoms with Crippen molar-refractivity contribution in [3.63, 3.8) is 0 Å². The number of pyridine rings is 4. The van der Waals surface area contributed by atoms with Crippen molar-refractivity contribution in [1.82, 2.24) is 19.9 Å². The number of fused-ring (bicyclic) bond motifs is 18. The van der Waals surface area contributed by atoms with Crippen molar-refractivity contribution in [3.8, 4) is 44.8 Å². The summed E-state index contributed by atoms with van der Waals surface area (Å²) in [6, 6.07) is 66.4. The fourth-order valence-corrected chi connectivity index (χ4v) is 11.0. The van der Waals surface area contributed by atoms with Crippen LogP contribution in [0.25, 0.3) is 131 Å². The maximum atomic E-state index is 5.25. The topological polar surface area (TPSA) is 51.6 Å². The van der Waals surface area contributed by atoms with E-state index in [1.165, 1.54) is 76.5 Å². The molecule has 14 rings (SSSR count). The maximum absolute atomic E-state index is 5.25. The number of nitrogens with zero attached hydrogens (tertiary/aromatic N) is 4. The van der Waals surface area contributed by atoms with Gasteiger partial charge < -0.3 is 0 Å². The summed E-state index contributed by atoms with van der Waals surface area (Å²) >= 11 is 0. The minimum absolute atomic E-state index is 0.200. The molecule has 0 spiro atoms. The molecule has 1 aliphatic rings. The van der Waals surface area contributed by atoms with Gasteiger partial charge in [-0.1, -0.05) is 141 Å². The molecule has 4 heteroatoms. The van der Waals surface area contributed by atoms with Gasteiger partial charge in [-0.2, -0.15) is 0 Å². The minimum Gasteiger partial charge on any atom is -0.254 e. The molecule has 0 saturated carbocycles. The van der Waals surface area contributed by atoms with Crippen LogP contribution in [0.5, 0.6) is 0 Å². The quantitative estimate of drug-likeness (QED) is 0.167. The summed E-state index contributed by atoms with van der Waals surface area (Å²) in [6.07, 6.45) is 3.71. The lowest BCUT2D eigenvalue weighted by Gasteiger charge is -2.23. The molecule has 0 aliphatic heterocycles. The first kappa shape index (κ1) is 36.2. The van der Waals surface area contributed by atoms with Crippen molar-refractivity contribution in [2.75, 3.05) is 0 Å². The number of aromatic nitrogens is 4. The van der Waals surface area contributed by atoms with Crippen molar-refractivity contribution >= 4 is 86.7 Å². The first-order chi connectivity index (χ1) is 32.0. The van der Waals surface area contributed by atoms with Gasteiger partial charge in [0.2, 0.25) is 0 Å². The summed E-state index contributed by atoms with van der Waals surface area (Å²) < 4.78 is 0. The number of hydrogen-bond donors (Lipinski definition) is 0. The zero-order chi connectivity index (χ0) is 43.0. The fourth-order valence-electron chi connectivity index (χ4n) is 11.0. The third-order valence-electron chi connectivity index (χ3n) is 14.3. The van der Waals surface area contributed by atoms with Crippen LogP contribution in [0.3, 0.4) is 0 Å². The molecule has 0 amide bonds. The second-order valence-electron chi connectivity index (χ2n) is 18.2. The standard InChI is InChI=1S/C61H38N4/c1-61(2)53-32-39(35-15-17-36(18-16-35)55-28-26-48-42-11-4-3-10-41(42)47-14-8-30-63-59(47)60(48)65-55)21-25-46(53)52-33-50-44-13-6-5-12-43(44)49-31-40(22-24-45(49)51(50)34-54(52)61)56-27-23-38-20-19-37-9-7-29-62-57(37)58(38)64-56/h3-34H,1-2H3. The monoisotopic (exact) mass is 826 g/mol. The Morgan fingerprint density at radius 1 is 0.308 bits per heavy atom. The van der Waals surface area contributed by atoms with E-state index in [0.717, 1.165) is 66.1 Å². The minimum atomic E-state index is -0.200. The van der Waals surface area contributed by atoms with Gasteiger partial charge in [0, 0.05) is 50.5 Å². The molecule has 0 radical (unpaired) electrons. The Morgan fingerprint density at radius 3 is 1.60 bits per heavy atom. The van der Waals surface area contributed by atoms with Crippen LogP contribution in [-0.4, -0.2) is 19.9 Å². The van der Waals surface area contributed by atoms with Crippen LogP contribution in [0.1, 0.15) is 25.0 Å². The molecule has 4 aromatic heterocycles. The third kappa shape index (κ3) is 5.25. The van der Waals surface area contributed by atoms with E-state index >= 15 is 0 Å². The van der Waals surface area contributed by atoms with E-state index in [-0.39, 0.29) is 5.41 Å². The normalized spacial score (nSPS) is 13.2. The second kappa shape index (κ2) is 13.3. The van der Waals surface area contributed by atoms with E-state index in [1.54, 1.807) is 0 Å². The van der Waals surface area contributed by atoms with E-state index in [0.29, 0.717) is 0 Å². The zero-order valence-corrected chi connectivity index (χ0v) is 35.8. The molecule has 9 aromatic carbocycles. The Hall–Kier alpha value is -8.34. The Labute approximate surface area is 374 Å². The molecule has 0 N–H and O–H groups in total. The summed E-state index contributed by atoms with van der Waals surface area (Å²) in [7, 11) is 0. The molecule has 13 aromatic rings. The van der Waals surface area contributed by atoms with Crippen LogP contribution in [0.4, 0.5) is 0 Å². The Bertz CT molecular complexity index is 4170. The lowest BCUT2D eigenvalue weighted by atomic mass is 9.80. The van der Waals surface area contributed by atoms with Gasteiger partial charge in [-0.3, -0.25) is 9.97 Å². The number of rotatable bonds is 3. The predicted molar refractivity (Wildman–Crippen MR) is 272 cm³/mol. The average molecular weight is 827 g/mol. The van der Waals surface area contributed by atoms with Crippen molar-refractivity contribution < 1.29 is 0 Å². The fraction of sp³-hybridized carbons (Fsp3) is 0.0492. The summed E-state index contributed by atoms with van der Waals surface area (Å²) in [6.45, 7) is 4.77. The third-order valence-corrected chi connectivity index (χ3v) is 14.3. The Kier molecular flexibility index (Phi) is 7.42. The largest absolute Gasteiger partial charge is 0.254 e. The Balaban J connectivity index is 0.850. The summed E-state index contributed by atoms with van der Waals surface area (Å²) in [4.78, 5) is 20.0. The molecule has 0 bridgehead atoms. The van der Waals surface area contributed by atoms with Crippen LogP contribution >= 0.6 is 0 Å². The van der Waals surface area contributed by atoms with Gasteiger partial charge in [-0.05, 0) is 131 Å². The molecule has 0 atom stereocenters. The van der Waals surface area contributed by atoms with Gasteiger partial charge in [0.05, 0.1) is 33.5 Å². The van der Waals surface area contributed by atoms with Gasteiger partial charge in [-0.15, -0.1) is 0 Å². The van der Waals surface area contributed by atoms with E-state index in [4.69, 9.17) is 19.9 Å². The summed E-state index contributed by atoms with van der Waals surface area (Å²) in [5, 5.41) is 14.4. The predicted octanol–water partition coefficient (Wildman–Crippen LogP) is 15.8. The van der Waals surface area contributed by atoms with Gasteiger partial charge in [-0.25, -0.2) is 9.97 Å². The van der Waals surface area contributed by atoms with Crippen LogP contribution in [-0.2, 0) is 5.41 Å². The highest BCUT2D eigenvalue weighted by Crippen LogP contribution is 2.52. The Morgan fingerprint density at radius 2 is 0.815 bits per heavy atom. The lowest BCUT2D eigenvalue weighted by molar-refractivity contribution is 0.661. The SMILES string of the molecule is CC1(C)c2cc(-c3ccc(-c4ccc5c6ccccc6c6cccnc6c5n4)cc3)ccc2-c2cc3c4ccccc4c4cc(-c5ccc6ccc7cccnc7c6n5)ccc4c3cc21. The van der Waals surface area contributed by atoms with Gasteiger partial charge >= 0.3 is 0 Å². The van der Waals surface area contributed by atoms with Gasteiger partial charge in [0.25, 0.3) is 0 Å². The first-order valence-electron chi connectivity index (χ1n) is 22.4. The van der Waals surface area contributed by atoms with E-state index in [9.17, 15) is 0 Å². The summed E-state index contributed by atoms with van der Waals surface area (Å²) in [5.41, 5.74) is 15.3. The summed E-state index contributed by atoms with van der Waals surface area (Å²) in [5.74, 6) is 0. The highest BCUT2D eigenvalue weighted by Gasteiger charge is 2.36. The molecular formula is C61H38N4. The van der Waals surface area contributed by atoms with Crippen LogP contribution in [0, 0.1) is 0 Å². The highest BCUT2D eigenvalue weighted by atomic mass is 14.8. The molecule has 0 fully saturated rings. The molecular weight excluding hydrogens is 789 g/mol. The maximum Gasteiger partial charge on any atom is 0.0978 e. The van der Waals surface area contributed by atoms with Crippen molar-refractivity contribution in [1.29, 1.82) is 0 Å².